The number of hydrogen-bond acceptors (Lipinski definition) is 14. The van der Waals surface area contributed by atoms with E-state index in [-0.39, 0.29) is 86.2 Å². The number of anilines is 1. The normalized spacial score (nSPS) is 16.7. The average Bonchev–Trinajstić information content (AvgIpc) is 3.73. The largest absolute Gasteiger partial charge is 0.378 e. The van der Waals surface area contributed by atoms with Crippen molar-refractivity contribution in [1.29, 1.82) is 0 Å². The van der Waals surface area contributed by atoms with Crippen LogP contribution < -0.4 is 16.4 Å². The third-order valence-corrected chi connectivity index (χ3v) is 10.9. The maximum absolute atomic E-state index is 13.9. The number of piperidine rings is 1. The van der Waals surface area contributed by atoms with Gasteiger partial charge in [0.05, 0.1) is 45.2 Å². The minimum absolute atomic E-state index is 0.0659. The zero-order valence-electron chi connectivity index (χ0n) is 34.6. The van der Waals surface area contributed by atoms with Crippen LogP contribution in [-0.4, -0.2) is 137 Å². The summed E-state index contributed by atoms with van der Waals surface area (Å²) in [5.74, 6) is 0.181. The SMILES string of the molecule is CC(=O)c1nn(CC(=O)N2C[C@H]3C[C@H]3[C@H]2C(=O)Nc2nc(Br)ccc2C)c2c(C)cc(-c3cnc(CCC(=O)COCCOCCNC(=O)COCCOCCN)nc3)cc12. The highest BCUT2D eigenvalue weighted by molar-refractivity contribution is 9.10. The number of amides is 3. The number of carbonyl (C=O) groups excluding carboxylic acids is 5. The molecule has 326 valence electrons. The average molecular weight is 907 g/mol. The summed E-state index contributed by atoms with van der Waals surface area (Å²) in [5.41, 5.74) is 9.30. The summed E-state index contributed by atoms with van der Waals surface area (Å²) in [6.45, 7) is 8.09. The monoisotopic (exact) mass is 905 g/mol. The smallest absolute Gasteiger partial charge is 0.248 e. The van der Waals surface area contributed by atoms with Gasteiger partial charge in [-0.05, 0) is 82.9 Å². The Labute approximate surface area is 361 Å². The van der Waals surface area contributed by atoms with Crippen molar-refractivity contribution in [3.05, 3.63) is 63.9 Å². The Bertz CT molecular complexity index is 2220. The maximum Gasteiger partial charge on any atom is 0.248 e. The number of pyridine rings is 1. The van der Waals surface area contributed by atoms with Gasteiger partial charge in [0.1, 0.15) is 47.7 Å². The van der Waals surface area contributed by atoms with E-state index in [1.54, 1.807) is 28.0 Å². The number of fused-ring (bicyclic) bond motifs is 2. The fourth-order valence-electron chi connectivity index (χ4n) is 7.31. The summed E-state index contributed by atoms with van der Waals surface area (Å²) in [5, 5.41) is 10.8. The summed E-state index contributed by atoms with van der Waals surface area (Å²) in [6.07, 6.45) is 4.77. The highest BCUT2D eigenvalue weighted by Gasteiger charge is 2.57. The van der Waals surface area contributed by atoms with Gasteiger partial charge in [0, 0.05) is 62.7 Å². The van der Waals surface area contributed by atoms with Crippen LogP contribution in [0.4, 0.5) is 5.82 Å². The van der Waals surface area contributed by atoms with Gasteiger partial charge in [0.2, 0.25) is 17.7 Å². The third kappa shape index (κ3) is 12.3. The predicted octanol–water partition coefficient (Wildman–Crippen LogP) is 2.60. The van der Waals surface area contributed by atoms with Gasteiger partial charge in [-0.15, -0.1) is 0 Å². The summed E-state index contributed by atoms with van der Waals surface area (Å²) >= 11 is 3.36. The molecule has 19 heteroatoms. The van der Waals surface area contributed by atoms with Crippen molar-refractivity contribution in [2.75, 3.05) is 77.8 Å². The number of nitrogens with one attached hydrogen (secondary N) is 2. The van der Waals surface area contributed by atoms with Crippen molar-refractivity contribution < 1.29 is 42.9 Å². The van der Waals surface area contributed by atoms with E-state index in [1.165, 1.54) is 6.92 Å². The Hall–Kier alpha value is -5.05. The van der Waals surface area contributed by atoms with Crippen molar-refractivity contribution in [1.82, 2.24) is 34.9 Å². The first-order chi connectivity index (χ1) is 29.4. The summed E-state index contributed by atoms with van der Waals surface area (Å²) in [7, 11) is 0. The first-order valence-electron chi connectivity index (χ1n) is 20.3. The lowest BCUT2D eigenvalue weighted by atomic mass is 10.0. The van der Waals surface area contributed by atoms with Crippen LogP contribution in [0.1, 0.15) is 47.2 Å². The second kappa shape index (κ2) is 21.7. The molecule has 0 bridgehead atoms. The van der Waals surface area contributed by atoms with Crippen molar-refractivity contribution in [3.8, 4) is 11.1 Å². The van der Waals surface area contributed by atoms with E-state index in [2.05, 4.69) is 46.6 Å². The van der Waals surface area contributed by atoms with Crippen LogP contribution in [0, 0.1) is 25.7 Å². The molecule has 0 radical (unpaired) electrons. The lowest BCUT2D eigenvalue weighted by molar-refractivity contribution is -0.138. The zero-order valence-corrected chi connectivity index (χ0v) is 36.2. The predicted molar refractivity (Wildman–Crippen MR) is 227 cm³/mol. The first-order valence-corrected chi connectivity index (χ1v) is 21.1. The van der Waals surface area contributed by atoms with E-state index in [9.17, 15) is 24.0 Å². The lowest BCUT2D eigenvalue weighted by Gasteiger charge is -2.27. The molecule has 2 aliphatic rings. The lowest BCUT2D eigenvalue weighted by Crippen LogP contribution is -2.47. The number of ketones is 2. The molecule has 18 nitrogen and oxygen atoms in total. The van der Waals surface area contributed by atoms with E-state index in [4.69, 9.17) is 24.7 Å². The molecule has 1 aromatic carbocycles. The van der Waals surface area contributed by atoms with Crippen molar-refractivity contribution >= 4 is 61.9 Å². The summed E-state index contributed by atoms with van der Waals surface area (Å²) in [4.78, 5) is 79.5. The quantitative estimate of drug-likeness (QED) is 0.0522. The Morgan fingerprint density at radius 1 is 0.902 bits per heavy atom. The number of Topliss-reactive ketones (excluding diaryl/α,β-unsaturated/α-hetero) is 2. The van der Waals surface area contributed by atoms with E-state index in [1.807, 2.05) is 32.0 Å². The van der Waals surface area contributed by atoms with Gasteiger partial charge in [-0.3, -0.25) is 28.7 Å². The molecule has 1 aliphatic carbocycles. The number of likely N-dealkylation sites (tertiary alicyclic amines) is 1. The van der Waals surface area contributed by atoms with Gasteiger partial charge in [-0.2, -0.15) is 5.10 Å². The minimum atomic E-state index is -0.621. The van der Waals surface area contributed by atoms with E-state index < -0.39 is 6.04 Å². The Balaban J connectivity index is 0.967. The Morgan fingerprint density at radius 2 is 1.62 bits per heavy atom. The number of aromatic nitrogens is 5. The standard InChI is InChI=1S/C42H52BrN9O9/c1-25-4-6-34(43)48-41(25)49-42(57)40-32-18-29(32)21-51(40)37(56)22-52-39-26(2)16-28(17-33(39)38(50-52)27(3)53)30-19-46-35(47-20-30)7-5-31(54)23-60-14-13-59-11-9-45-36(55)24-61-15-12-58-10-8-44/h4,6,16-17,19-20,29,32,40H,5,7-15,18,21-24,44H2,1-3H3,(H,45,55)(H,48,49,57)/t29-,32-,40+/m1/s1. The molecule has 3 aromatic heterocycles. The van der Waals surface area contributed by atoms with Crippen molar-refractivity contribution in [2.45, 2.75) is 52.6 Å². The molecule has 4 heterocycles. The minimum Gasteiger partial charge on any atom is -0.378 e. The molecule has 1 saturated carbocycles. The fourth-order valence-corrected chi connectivity index (χ4v) is 7.62. The van der Waals surface area contributed by atoms with Crippen LogP contribution in [0.2, 0.25) is 0 Å². The molecule has 1 saturated heterocycles. The van der Waals surface area contributed by atoms with E-state index in [0.29, 0.717) is 85.2 Å². The van der Waals surface area contributed by atoms with Crippen molar-refractivity contribution in [3.63, 3.8) is 0 Å². The number of nitrogens with zero attached hydrogens (tertiary/aromatic N) is 6. The highest BCUT2D eigenvalue weighted by atomic mass is 79.9. The van der Waals surface area contributed by atoms with Crippen molar-refractivity contribution in [2.24, 2.45) is 17.6 Å². The topological polar surface area (TPSA) is 232 Å². The molecular formula is C42H52BrN9O9. The maximum atomic E-state index is 13.9. The van der Waals surface area contributed by atoms with Gasteiger partial charge in [0.25, 0.3) is 0 Å². The number of rotatable bonds is 24. The third-order valence-electron chi connectivity index (χ3n) is 10.4. The van der Waals surface area contributed by atoms with Crippen LogP contribution in [0.15, 0.2) is 41.3 Å². The molecule has 3 amide bonds. The van der Waals surface area contributed by atoms with Crippen LogP contribution in [0.25, 0.3) is 22.0 Å². The molecule has 0 unspecified atom stereocenters. The van der Waals surface area contributed by atoms with E-state index in [0.717, 1.165) is 23.1 Å². The number of benzene rings is 1. The second-order valence-electron chi connectivity index (χ2n) is 15.1. The molecule has 2 fully saturated rings. The van der Waals surface area contributed by atoms with Crippen LogP contribution >= 0.6 is 15.9 Å². The molecule has 1 aliphatic heterocycles. The highest BCUT2D eigenvalue weighted by Crippen LogP contribution is 2.50. The molecule has 4 N–H and O–H groups in total. The van der Waals surface area contributed by atoms with Crippen LogP contribution in [-0.2, 0) is 51.1 Å². The molecular weight excluding hydrogens is 854 g/mol. The number of aryl methyl sites for hydroxylation is 3. The molecule has 61 heavy (non-hydrogen) atoms. The van der Waals surface area contributed by atoms with Gasteiger partial charge in [-0.1, -0.05) is 6.07 Å². The summed E-state index contributed by atoms with van der Waals surface area (Å²) < 4.78 is 23.4. The molecule has 3 atom stereocenters. The second-order valence-corrected chi connectivity index (χ2v) is 15.9. The number of halogens is 1. The number of carbonyl (C=O) groups is 5. The fraction of sp³-hybridized carbons (Fsp3) is 0.500. The van der Waals surface area contributed by atoms with Gasteiger partial charge >= 0.3 is 0 Å². The number of nitrogens with two attached hydrogens (primary N) is 1. The molecule has 0 spiro atoms. The number of ether oxygens (including phenoxy) is 4. The summed E-state index contributed by atoms with van der Waals surface area (Å²) in [6, 6.07) is 6.82. The number of hydrogen-bond donors (Lipinski definition) is 3. The molecule has 4 aromatic rings. The van der Waals surface area contributed by atoms with E-state index >= 15 is 0 Å². The Kier molecular flexibility index (Phi) is 16.1. The Morgan fingerprint density at radius 3 is 2.36 bits per heavy atom. The van der Waals surface area contributed by atoms with Crippen LogP contribution in [0.5, 0.6) is 0 Å². The van der Waals surface area contributed by atoms with Gasteiger partial charge < -0.3 is 40.2 Å². The van der Waals surface area contributed by atoms with Crippen LogP contribution in [0.3, 0.4) is 0 Å². The zero-order chi connectivity index (χ0) is 43.5. The molecule has 6 rings (SSSR count). The van der Waals surface area contributed by atoms with Gasteiger partial charge in [0.15, 0.2) is 11.6 Å². The first kappa shape index (κ1) is 45.5. The van der Waals surface area contributed by atoms with Gasteiger partial charge in [-0.25, -0.2) is 15.0 Å².